The van der Waals surface area contributed by atoms with Gasteiger partial charge in [-0.1, -0.05) is 23.4 Å². The first-order valence-corrected chi connectivity index (χ1v) is 10.6. The second kappa shape index (κ2) is 10.4. The van der Waals surface area contributed by atoms with Crippen molar-refractivity contribution in [3.8, 4) is 11.8 Å². The lowest BCUT2D eigenvalue weighted by Gasteiger charge is -2.29. The van der Waals surface area contributed by atoms with Gasteiger partial charge in [-0.15, -0.1) is 0 Å². The van der Waals surface area contributed by atoms with E-state index in [9.17, 15) is 0 Å². The van der Waals surface area contributed by atoms with Crippen molar-refractivity contribution in [1.29, 1.82) is 0 Å². The molecule has 0 N–H and O–H groups in total. The summed E-state index contributed by atoms with van der Waals surface area (Å²) in [5.74, 6) is 7.61. The number of aliphatic imine (C=N–C) groups is 1. The van der Waals surface area contributed by atoms with Crippen molar-refractivity contribution in [2.24, 2.45) is 4.99 Å². The molecule has 1 aliphatic heterocycles. The minimum absolute atomic E-state index is 0.344. The van der Waals surface area contributed by atoms with Crippen molar-refractivity contribution in [3.63, 3.8) is 0 Å². The summed E-state index contributed by atoms with van der Waals surface area (Å²) in [6.07, 6.45) is 3.58. The smallest absolute Gasteiger partial charge is 0.252 e. The van der Waals surface area contributed by atoms with Crippen LogP contribution in [0.25, 0.3) is 0 Å². The third kappa shape index (κ3) is 5.94. The molecule has 7 heteroatoms. The topological polar surface area (TPSA) is 53.9 Å². The van der Waals surface area contributed by atoms with Gasteiger partial charge in [-0.2, -0.15) is 4.98 Å². The molecule has 1 fully saturated rings. The van der Waals surface area contributed by atoms with Crippen molar-refractivity contribution in [1.82, 2.24) is 14.9 Å². The summed E-state index contributed by atoms with van der Waals surface area (Å²) in [6, 6.07) is 8.15. The number of ether oxygens (including phenoxy) is 1. The Morgan fingerprint density at radius 1 is 1.10 bits per heavy atom. The molecular formula is C23H28ClN5O. The van der Waals surface area contributed by atoms with Crippen molar-refractivity contribution in [2.75, 3.05) is 31.2 Å². The largest absolute Gasteiger partial charge is 0.378 e. The molecule has 0 spiro atoms. The highest BCUT2D eigenvalue weighted by Crippen LogP contribution is 2.21. The molecule has 2 heterocycles. The Hall–Kier alpha value is -2.62. The predicted molar refractivity (Wildman–Crippen MR) is 123 cm³/mol. The van der Waals surface area contributed by atoms with Crippen LogP contribution in [0.15, 0.2) is 35.5 Å². The van der Waals surface area contributed by atoms with Crippen LogP contribution in [0.4, 0.5) is 11.8 Å². The number of hydrogen-bond donors (Lipinski definition) is 0. The molecule has 6 nitrogen and oxygen atoms in total. The summed E-state index contributed by atoms with van der Waals surface area (Å²) in [6.45, 7) is 11.4. The number of nitrogens with zero attached hydrogens (tertiary/aromatic N) is 5. The van der Waals surface area contributed by atoms with E-state index in [0.29, 0.717) is 36.3 Å². The third-order valence-electron chi connectivity index (χ3n) is 4.75. The molecule has 158 valence electrons. The molecule has 1 aromatic heterocycles. The average Bonchev–Trinajstić information content (AvgIpc) is 2.74. The van der Waals surface area contributed by atoms with Gasteiger partial charge in [0, 0.05) is 35.8 Å². The number of halogens is 1. The van der Waals surface area contributed by atoms with Crippen LogP contribution in [-0.4, -0.2) is 59.6 Å². The molecule has 0 bridgehead atoms. The van der Waals surface area contributed by atoms with Crippen LogP contribution in [0.1, 0.15) is 38.8 Å². The van der Waals surface area contributed by atoms with Crippen LogP contribution in [-0.2, 0) is 4.74 Å². The van der Waals surface area contributed by atoms with E-state index in [4.69, 9.17) is 21.3 Å². The average molecular weight is 426 g/mol. The van der Waals surface area contributed by atoms with Gasteiger partial charge in [0.25, 0.3) is 5.95 Å². The molecule has 1 aromatic carbocycles. The lowest BCUT2D eigenvalue weighted by molar-refractivity contribution is 0.122. The number of anilines is 1. The lowest BCUT2D eigenvalue weighted by Crippen LogP contribution is -2.37. The number of aromatic nitrogens is 2. The van der Waals surface area contributed by atoms with Gasteiger partial charge in [0.2, 0.25) is 0 Å². The van der Waals surface area contributed by atoms with Crippen LogP contribution in [0.2, 0.25) is 5.02 Å². The molecule has 2 aromatic rings. The fourth-order valence-electron chi connectivity index (χ4n) is 3.18. The van der Waals surface area contributed by atoms with Crippen LogP contribution in [0, 0.1) is 11.8 Å². The van der Waals surface area contributed by atoms with Gasteiger partial charge in [0.1, 0.15) is 5.82 Å². The molecule has 0 amide bonds. The molecule has 0 saturated carbocycles. The molecular weight excluding hydrogens is 398 g/mol. The summed E-state index contributed by atoms with van der Waals surface area (Å²) in [7, 11) is 0. The second-order valence-electron chi connectivity index (χ2n) is 7.64. The van der Waals surface area contributed by atoms with Gasteiger partial charge in [-0.25, -0.2) is 9.98 Å². The molecule has 0 atom stereocenters. The maximum absolute atomic E-state index is 5.96. The molecule has 0 aliphatic carbocycles. The van der Waals surface area contributed by atoms with Gasteiger partial charge in [-0.3, -0.25) is 0 Å². The minimum atomic E-state index is 0.344. The maximum Gasteiger partial charge on any atom is 0.252 e. The Balaban J connectivity index is 1.92. The van der Waals surface area contributed by atoms with Gasteiger partial charge in [0.05, 0.1) is 31.3 Å². The number of benzene rings is 1. The first-order chi connectivity index (χ1) is 14.4. The van der Waals surface area contributed by atoms with E-state index in [1.807, 2.05) is 30.6 Å². The summed E-state index contributed by atoms with van der Waals surface area (Å²) in [5.41, 5.74) is 1.66. The summed E-state index contributed by atoms with van der Waals surface area (Å²) < 4.78 is 5.49. The Kier molecular flexibility index (Phi) is 7.67. The lowest BCUT2D eigenvalue weighted by atomic mass is 10.2. The maximum atomic E-state index is 5.96. The zero-order valence-electron chi connectivity index (χ0n) is 18.0. The number of rotatable bonds is 5. The second-order valence-corrected chi connectivity index (χ2v) is 8.08. The van der Waals surface area contributed by atoms with Crippen LogP contribution >= 0.6 is 11.6 Å². The minimum Gasteiger partial charge on any atom is -0.378 e. The van der Waals surface area contributed by atoms with E-state index in [-0.39, 0.29) is 0 Å². The van der Waals surface area contributed by atoms with E-state index in [2.05, 4.69) is 59.3 Å². The van der Waals surface area contributed by atoms with Gasteiger partial charge < -0.3 is 14.5 Å². The van der Waals surface area contributed by atoms with Crippen LogP contribution in [0.5, 0.6) is 0 Å². The van der Waals surface area contributed by atoms with Crippen molar-refractivity contribution in [2.45, 2.75) is 39.8 Å². The number of hydrogen-bond acceptors (Lipinski definition) is 5. The first-order valence-electron chi connectivity index (χ1n) is 10.2. The predicted octanol–water partition coefficient (Wildman–Crippen LogP) is 4.15. The summed E-state index contributed by atoms with van der Waals surface area (Å²) >= 11 is 5.96. The highest BCUT2D eigenvalue weighted by atomic mass is 35.5. The first kappa shape index (κ1) is 22.1. The third-order valence-corrected chi connectivity index (χ3v) is 5.00. The molecule has 0 radical (unpaired) electrons. The highest BCUT2D eigenvalue weighted by Gasteiger charge is 2.17. The van der Waals surface area contributed by atoms with Crippen LogP contribution < -0.4 is 4.90 Å². The van der Waals surface area contributed by atoms with Gasteiger partial charge in [0.15, 0.2) is 0 Å². The van der Waals surface area contributed by atoms with Crippen LogP contribution in [0.3, 0.4) is 0 Å². The Morgan fingerprint density at radius 2 is 1.77 bits per heavy atom. The molecule has 1 saturated heterocycles. The quantitative estimate of drug-likeness (QED) is 0.409. The van der Waals surface area contributed by atoms with E-state index in [0.717, 1.165) is 30.0 Å². The molecule has 0 unspecified atom stereocenters. The van der Waals surface area contributed by atoms with E-state index in [1.165, 1.54) is 0 Å². The molecule has 3 rings (SSSR count). The zero-order chi connectivity index (χ0) is 21.5. The monoisotopic (exact) mass is 425 g/mol. The summed E-state index contributed by atoms with van der Waals surface area (Å²) in [4.78, 5) is 18.0. The zero-order valence-corrected chi connectivity index (χ0v) is 18.7. The Labute approximate surface area is 183 Å². The number of morpholine rings is 1. The fraction of sp³-hybridized carbons (Fsp3) is 0.435. The van der Waals surface area contributed by atoms with E-state index in [1.54, 1.807) is 6.20 Å². The highest BCUT2D eigenvalue weighted by molar-refractivity contribution is 6.30. The molecule has 30 heavy (non-hydrogen) atoms. The fourth-order valence-corrected chi connectivity index (χ4v) is 3.31. The normalized spacial score (nSPS) is 14.3. The van der Waals surface area contributed by atoms with Gasteiger partial charge in [-0.05, 0) is 52.0 Å². The van der Waals surface area contributed by atoms with E-state index >= 15 is 0 Å². The summed E-state index contributed by atoms with van der Waals surface area (Å²) in [5, 5.41) is 0.692. The Bertz CT molecular complexity index is 917. The van der Waals surface area contributed by atoms with Crippen molar-refractivity contribution >= 4 is 29.7 Å². The van der Waals surface area contributed by atoms with E-state index < -0.39 is 0 Å². The SMILES string of the molecule is CC(C)N(C=Nc1ncc(C#Cc2ccc(Cl)cc2)c(N2CCOCC2)n1)C(C)C. The van der Waals surface area contributed by atoms with Crippen molar-refractivity contribution < 1.29 is 4.74 Å². The van der Waals surface area contributed by atoms with Crippen molar-refractivity contribution in [3.05, 3.63) is 46.6 Å². The standard InChI is InChI=1S/C23H28ClN5O/c1-17(2)29(18(3)4)16-26-23-25-15-20(8-5-19-6-9-21(24)10-7-19)22(27-23)28-11-13-30-14-12-28/h6-7,9-10,15-18H,11-14H2,1-4H3. The Morgan fingerprint density at radius 3 is 2.40 bits per heavy atom. The molecule has 1 aliphatic rings. The van der Waals surface area contributed by atoms with Gasteiger partial charge >= 0.3 is 0 Å².